The van der Waals surface area contributed by atoms with Crippen molar-refractivity contribution in [2.75, 3.05) is 5.73 Å². The molecule has 2 aromatic rings. The van der Waals surface area contributed by atoms with Crippen LogP contribution in [-0.4, -0.2) is 9.78 Å². The van der Waals surface area contributed by atoms with Gasteiger partial charge in [0.05, 0.1) is 12.2 Å². The highest BCUT2D eigenvalue weighted by Gasteiger charge is 2.35. The molecule has 2 N–H and O–H groups in total. The summed E-state index contributed by atoms with van der Waals surface area (Å²) in [7, 11) is 0. The van der Waals surface area contributed by atoms with Crippen LogP contribution in [0.2, 0.25) is 5.02 Å². The van der Waals surface area contributed by atoms with Crippen LogP contribution < -0.4 is 5.73 Å². The predicted octanol–water partition coefficient (Wildman–Crippen LogP) is 3.39. The number of hydrogen-bond donors (Lipinski definition) is 1. The lowest BCUT2D eigenvalue weighted by atomic mass is 9.87. The number of aromatic nitrogens is 2. The van der Waals surface area contributed by atoms with Crippen molar-refractivity contribution in [1.29, 1.82) is 0 Å². The Bertz CT molecular complexity index is 628. The van der Waals surface area contributed by atoms with Gasteiger partial charge in [-0.25, -0.2) is 4.68 Å². The number of nitrogens with two attached hydrogens (primary N) is 1. The summed E-state index contributed by atoms with van der Waals surface area (Å²) >= 11 is 6.20. The molecule has 0 aliphatic heterocycles. The minimum absolute atomic E-state index is 0.137. The largest absolute Gasteiger partial charge is 0.384 e. The van der Waals surface area contributed by atoms with Crippen LogP contribution in [0, 0.1) is 0 Å². The Morgan fingerprint density at radius 3 is 2.79 bits per heavy atom. The molecule has 1 aliphatic rings. The van der Waals surface area contributed by atoms with E-state index < -0.39 is 0 Å². The smallest absolute Gasteiger partial charge is 0.126 e. The summed E-state index contributed by atoms with van der Waals surface area (Å²) in [6.07, 6.45) is 2.14. The Morgan fingerprint density at radius 2 is 2.11 bits per heavy atom. The van der Waals surface area contributed by atoms with Crippen molar-refractivity contribution in [3.63, 3.8) is 0 Å². The van der Waals surface area contributed by atoms with Gasteiger partial charge in [0.1, 0.15) is 5.82 Å². The molecule has 0 spiro atoms. The fourth-order valence-corrected chi connectivity index (χ4v) is 3.10. The third-order valence-electron chi connectivity index (χ3n) is 4.01. The van der Waals surface area contributed by atoms with Gasteiger partial charge in [0.25, 0.3) is 0 Å². The number of nitrogen functional groups attached to an aromatic ring is 1. The topological polar surface area (TPSA) is 43.8 Å². The SMILES string of the molecule is CC1(C)CCc2nn(Cc3ccccc3Cl)c(N)c21. The Kier molecular flexibility index (Phi) is 2.82. The number of halogens is 1. The van der Waals surface area contributed by atoms with Gasteiger partial charge in [-0.2, -0.15) is 5.10 Å². The first-order chi connectivity index (χ1) is 8.99. The average molecular weight is 276 g/mol. The molecule has 0 fully saturated rings. The predicted molar refractivity (Wildman–Crippen MR) is 78.5 cm³/mol. The van der Waals surface area contributed by atoms with Crippen molar-refractivity contribution < 1.29 is 0 Å². The highest BCUT2D eigenvalue weighted by atomic mass is 35.5. The highest BCUT2D eigenvalue weighted by molar-refractivity contribution is 6.31. The monoisotopic (exact) mass is 275 g/mol. The number of anilines is 1. The fourth-order valence-electron chi connectivity index (χ4n) is 2.90. The van der Waals surface area contributed by atoms with Gasteiger partial charge < -0.3 is 5.73 Å². The Balaban J connectivity index is 1.99. The van der Waals surface area contributed by atoms with Crippen LogP contribution >= 0.6 is 11.6 Å². The minimum atomic E-state index is 0.137. The van der Waals surface area contributed by atoms with Crippen molar-refractivity contribution in [2.45, 2.75) is 38.6 Å². The number of rotatable bonds is 2. The summed E-state index contributed by atoms with van der Waals surface area (Å²) in [5, 5.41) is 5.42. The molecular weight excluding hydrogens is 258 g/mol. The highest BCUT2D eigenvalue weighted by Crippen LogP contribution is 2.41. The molecule has 0 atom stereocenters. The van der Waals surface area contributed by atoms with Gasteiger partial charge in [0.15, 0.2) is 0 Å². The number of nitrogens with zero attached hydrogens (tertiary/aromatic N) is 2. The molecule has 0 radical (unpaired) electrons. The van der Waals surface area contributed by atoms with Gasteiger partial charge in [-0.3, -0.25) is 0 Å². The maximum absolute atomic E-state index is 6.29. The standard InChI is InChI=1S/C15H18ClN3/c1-15(2)8-7-12-13(15)14(17)19(18-12)9-10-5-3-4-6-11(10)16/h3-6H,7-9,17H2,1-2H3. The molecule has 100 valence electrons. The second kappa shape index (κ2) is 4.27. The van der Waals surface area contributed by atoms with Crippen LogP contribution in [0.3, 0.4) is 0 Å². The third kappa shape index (κ3) is 2.02. The zero-order valence-corrected chi connectivity index (χ0v) is 12.0. The van der Waals surface area contributed by atoms with Crippen LogP contribution in [0.25, 0.3) is 0 Å². The zero-order valence-electron chi connectivity index (χ0n) is 11.3. The lowest BCUT2D eigenvalue weighted by molar-refractivity contribution is 0.515. The summed E-state index contributed by atoms with van der Waals surface area (Å²) in [5.41, 5.74) is 9.84. The summed E-state index contributed by atoms with van der Waals surface area (Å²) in [6, 6.07) is 7.83. The van der Waals surface area contributed by atoms with Crippen LogP contribution in [-0.2, 0) is 18.4 Å². The Morgan fingerprint density at radius 1 is 1.37 bits per heavy atom. The molecule has 4 heteroatoms. The second-order valence-corrected chi connectivity index (χ2v) is 6.25. The lowest BCUT2D eigenvalue weighted by Crippen LogP contribution is -2.16. The molecule has 1 aromatic carbocycles. The first-order valence-corrected chi connectivity index (χ1v) is 6.96. The summed E-state index contributed by atoms with van der Waals surface area (Å²) < 4.78 is 1.88. The number of hydrogen-bond acceptors (Lipinski definition) is 2. The van der Waals surface area contributed by atoms with E-state index in [9.17, 15) is 0 Å². The van der Waals surface area contributed by atoms with Gasteiger partial charge in [-0.1, -0.05) is 43.6 Å². The molecule has 19 heavy (non-hydrogen) atoms. The van der Waals surface area contributed by atoms with E-state index in [1.165, 1.54) is 5.56 Å². The van der Waals surface area contributed by atoms with E-state index in [4.69, 9.17) is 17.3 Å². The van der Waals surface area contributed by atoms with E-state index in [1.807, 2.05) is 28.9 Å². The molecule has 0 bridgehead atoms. The Labute approximate surface area is 118 Å². The molecular formula is C15H18ClN3. The van der Waals surface area contributed by atoms with Crippen LogP contribution in [0.15, 0.2) is 24.3 Å². The Hall–Kier alpha value is -1.48. The lowest BCUT2D eigenvalue weighted by Gasteiger charge is -2.18. The van der Waals surface area contributed by atoms with E-state index in [0.717, 1.165) is 34.9 Å². The summed E-state index contributed by atoms with van der Waals surface area (Å²) in [5.74, 6) is 0.789. The summed E-state index contributed by atoms with van der Waals surface area (Å²) in [6.45, 7) is 5.10. The van der Waals surface area contributed by atoms with E-state index in [0.29, 0.717) is 6.54 Å². The zero-order chi connectivity index (χ0) is 13.6. The molecule has 0 saturated carbocycles. The normalized spacial score (nSPS) is 16.6. The second-order valence-electron chi connectivity index (χ2n) is 5.84. The van der Waals surface area contributed by atoms with Gasteiger partial charge in [-0.05, 0) is 29.9 Å². The average Bonchev–Trinajstić information content (AvgIpc) is 2.82. The van der Waals surface area contributed by atoms with Gasteiger partial charge in [0.2, 0.25) is 0 Å². The molecule has 0 amide bonds. The maximum Gasteiger partial charge on any atom is 0.126 e. The van der Waals surface area contributed by atoms with Crippen LogP contribution in [0.4, 0.5) is 5.82 Å². The molecule has 1 aliphatic carbocycles. The molecule has 3 nitrogen and oxygen atoms in total. The van der Waals surface area contributed by atoms with Crippen molar-refractivity contribution in [3.05, 3.63) is 46.1 Å². The van der Waals surface area contributed by atoms with E-state index in [2.05, 4.69) is 18.9 Å². The van der Waals surface area contributed by atoms with Gasteiger partial charge in [0, 0.05) is 10.6 Å². The van der Waals surface area contributed by atoms with Gasteiger partial charge >= 0.3 is 0 Å². The molecule has 1 heterocycles. The van der Waals surface area contributed by atoms with Crippen LogP contribution in [0.1, 0.15) is 37.1 Å². The fraction of sp³-hybridized carbons (Fsp3) is 0.400. The number of aryl methyl sites for hydroxylation is 1. The minimum Gasteiger partial charge on any atom is -0.384 e. The van der Waals surface area contributed by atoms with Crippen molar-refractivity contribution in [2.24, 2.45) is 0 Å². The van der Waals surface area contributed by atoms with E-state index in [1.54, 1.807) is 0 Å². The number of fused-ring (bicyclic) bond motifs is 1. The number of benzene rings is 1. The first-order valence-electron chi connectivity index (χ1n) is 6.58. The van der Waals surface area contributed by atoms with E-state index in [-0.39, 0.29) is 5.41 Å². The third-order valence-corrected chi connectivity index (χ3v) is 4.37. The van der Waals surface area contributed by atoms with Gasteiger partial charge in [-0.15, -0.1) is 0 Å². The molecule has 0 saturated heterocycles. The quantitative estimate of drug-likeness (QED) is 0.913. The van der Waals surface area contributed by atoms with Crippen LogP contribution in [0.5, 0.6) is 0 Å². The first kappa shape index (κ1) is 12.5. The van der Waals surface area contributed by atoms with Crippen molar-refractivity contribution >= 4 is 17.4 Å². The molecule has 1 aromatic heterocycles. The van der Waals surface area contributed by atoms with E-state index >= 15 is 0 Å². The van der Waals surface area contributed by atoms with Crippen molar-refractivity contribution in [3.8, 4) is 0 Å². The summed E-state index contributed by atoms with van der Waals surface area (Å²) in [4.78, 5) is 0. The molecule has 0 unspecified atom stereocenters. The maximum atomic E-state index is 6.29. The van der Waals surface area contributed by atoms with Crippen molar-refractivity contribution in [1.82, 2.24) is 9.78 Å². The molecule has 3 rings (SSSR count).